The predicted molar refractivity (Wildman–Crippen MR) is 84.4 cm³/mol. The number of esters is 2. The lowest BCUT2D eigenvalue weighted by Gasteiger charge is -2.08. The van der Waals surface area contributed by atoms with Gasteiger partial charge in [0.2, 0.25) is 0 Å². The largest absolute Gasteiger partial charge is 0.481 e. The van der Waals surface area contributed by atoms with Crippen LogP contribution in [0.15, 0.2) is 48.5 Å². The Labute approximate surface area is 139 Å². The topological polar surface area (TPSA) is 85.6 Å². The van der Waals surface area contributed by atoms with Crippen molar-refractivity contribution in [1.82, 2.24) is 0 Å². The number of ether oxygens (including phenoxy) is 3. The normalized spacial score (nSPS) is 9.67. The van der Waals surface area contributed by atoms with Gasteiger partial charge in [0.25, 0.3) is 0 Å². The predicted octanol–water partition coefficient (Wildman–Crippen LogP) is 2.26. The van der Waals surface area contributed by atoms with Crippen molar-refractivity contribution < 1.29 is 23.8 Å². The number of carbonyl (C=O) groups excluding carboxylic acids is 2. The van der Waals surface area contributed by atoms with Gasteiger partial charge in [0.1, 0.15) is 17.6 Å². The maximum Gasteiger partial charge on any atom is 0.349 e. The van der Waals surface area contributed by atoms with E-state index in [-0.39, 0.29) is 19.0 Å². The summed E-state index contributed by atoms with van der Waals surface area (Å²) in [6.07, 6.45) is 0.152. The second-order valence-electron chi connectivity index (χ2n) is 4.77. The Morgan fingerprint density at radius 3 is 2.42 bits per heavy atom. The van der Waals surface area contributed by atoms with Crippen LogP contribution < -0.4 is 9.47 Å². The summed E-state index contributed by atoms with van der Waals surface area (Å²) < 4.78 is 15.0. The molecule has 0 aliphatic carbocycles. The zero-order valence-corrected chi connectivity index (χ0v) is 13.0. The Kier molecular flexibility index (Phi) is 5.92. The Morgan fingerprint density at radius 1 is 1.04 bits per heavy atom. The zero-order chi connectivity index (χ0) is 17.4. The molecule has 0 unspecified atom stereocenters. The molecule has 0 N–H and O–H groups in total. The number of methoxy groups -OCH3 is 1. The number of carbonyl (C=O) groups is 2. The van der Waals surface area contributed by atoms with Crippen molar-refractivity contribution in [2.24, 2.45) is 0 Å². The fourth-order valence-electron chi connectivity index (χ4n) is 1.90. The molecule has 0 saturated carbocycles. The van der Waals surface area contributed by atoms with Crippen LogP contribution in [0.5, 0.6) is 11.5 Å². The molecule has 0 aliphatic rings. The van der Waals surface area contributed by atoms with Crippen LogP contribution in [0, 0.1) is 11.3 Å². The van der Waals surface area contributed by atoms with Crippen molar-refractivity contribution in [3.8, 4) is 17.6 Å². The fourth-order valence-corrected chi connectivity index (χ4v) is 1.90. The fraction of sp³-hybridized carbons (Fsp3) is 0.167. The molecule has 0 saturated heterocycles. The zero-order valence-electron chi connectivity index (χ0n) is 13.0. The molecule has 122 valence electrons. The summed E-state index contributed by atoms with van der Waals surface area (Å²) in [5.74, 6) is -0.274. The molecule has 2 aromatic carbocycles. The van der Waals surface area contributed by atoms with E-state index in [2.05, 4.69) is 4.74 Å². The van der Waals surface area contributed by atoms with Gasteiger partial charge in [-0.2, -0.15) is 5.26 Å². The molecule has 2 aromatic rings. The van der Waals surface area contributed by atoms with Crippen molar-refractivity contribution in [1.29, 1.82) is 5.26 Å². The quantitative estimate of drug-likeness (QED) is 0.598. The number of hydrogen-bond donors (Lipinski definition) is 0. The molecule has 0 amide bonds. The molecule has 0 bridgehead atoms. The number of rotatable bonds is 6. The summed E-state index contributed by atoms with van der Waals surface area (Å²) in [6.45, 7) is -0.317. The van der Waals surface area contributed by atoms with Gasteiger partial charge in [0, 0.05) is 0 Å². The SMILES string of the molecule is COC(=O)Cc1ccc(OC(=O)COc2ccccc2C#N)cc1. The highest BCUT2D eigenvalue weighted by molar-refractivity contribution is 5.74. The van der Waals surface area contributed by atoms with E-state index in [9.17, 15) is 9.59 Å². The summed E-state index contributed by atoms with van der Waals surface area (Å²) in [4.78, 5) is 23.0. The first-order chi connectivity index (χ1) is 11.6. The van der Waals surface area contributed by atoms with E-state index in [1.165, 1.54) is 7.11 Å². The maximum absolute atomic E-state index is 11.8. The molecule has 0 aromatic heterocycles. The van der Waals surface area contributed by atoms with E-state index in [0.717, 1.165) is 5.56 Å². The molecule has 24 heavy (non-hydrogen) atoms. The Balaban J connectivity index is 1.88. The number of hydrogen-bond acceptors (Lipinski definition) is 6. The molecule has 6 nitrogen and oxygen atoms in total. The third-order valence-electron chi connectivity index (χ3n) is 3.08. The van der Waals surface area contributed by atoms with Gasteiger partial charge in [-0.25, -0.2) is 4.79 Å². The van der Waals surface area contributed by atoms with Crippen LogP contribution in [0.1, 0.15) is 11.1 Å². The van der Waals surface area contributed by atoms with Gasteiger partial charge in [-0.1, -0.05) is 24.3 Å². The number of para-hydroxylation sites is 1. The van der Waals surface area contributed by atoms with E-state index >= 15 is 0 Å². The average molecular weight is 325 g/mol. The highest BCUT2D eigenvalue weighted by atomic mass is 16.6. The highest BCUT2D eigenvalue weighted by Gasteiger charge is 2.09. The van der Waals surface area contributed by atoms with Crippen LogP contribution in [-0.4, -0.2) is 25.7 Å². The summed E-state index contributed by atoms with van der Waals surface area (Å²) in [7, 11) is 1.32. The molecular weight excluding hydrogens is 310 g/mol. The molecule has 0 radical (unpaired) electrons. The van der Waals surface area contributed by atoms with Crippen molar-refractivity contribution in [2.75, 3.05) is 13.7 Å². The van der Waals surface area contributed by atoms with Crippen LogP contribution in [0.4, 0.5) is 0 Å². The van der Waals surface area contributed by atoms with Gasteiger partial charge in [0.15, 0.2) is 6.61 Å². The average Bonchev–Trinajstić information content (AvgIpc) is 2.61. The smallest absolute Gasteiger partial charge is 0.349 e. The van der Waals surface area contributed by atoms with E-state index in [1.54, 1.807) is 48.5 Å². The van der Waals surface area contributed by atoms with Crippen LogP contribution >= 0.6 is 0 Å². The van der Waals surface area contributed by atoms with E-state index in [1.807, 2.05) is 6.07 Å². The summed E-state index contributed by atoms with van der Waals surface area (Å²) >= 11 is 0. The number of benzene rings is 2. The molecule has 0 fully saturated rings. The molecule has 2 rings (SSSR count). The van der Waals surface area contributed by atoms with E-state index in [0.29, 0.717) is 17.1 Å². The van der Waals surface area contributed by atoms with Crippen molar-refractivity contribution >= 4 is 11.9 Å². The number of nitrogens with zero attached hydrogens (tertiary/aromatic N) is 1. The van der Waals surface area contributed by atoms with Gasteiger partial charge in [0.05, 0.1) is 19.1 Å². The standard InChI is InChI=1S/C18H15NO5/c1-22-17(20)10-13-6-8-15(9-7-13)24-18(21)12-23-16-5-3-2-4-14(16)11-19/h2-9H,10,12H2,1H3. The van der Waals surface area contributed by atoms with Gasteiger partial charge in [-0.3, -0.25) is 4.79 Å². The van der Waals surface area contributed by atoms with Crippen molar-refractivity contribution in [2.45, 2.75) is 6.42 Å². The van der Waals surface area contributed by atoms with Crippen LogP contribution in [0.3, 0.4) is 0 Å². The Bertz CT molecular complexity index is 762. The van der Waals surface area contributed by atoms with Crippen molar-refractivity contribution in [3.05, 3.63) is 59.7 Å². The lowest BCUT2D eigenvalue weighted by molar-refractivity contribution is -0.140. The third-order valence-corrected chi connectivity index (χ3v) is 3.08. The molecule has 0 atom stereocenters. The van der Waals surface area contributed by atoms with E-state index < -0.39 is 5.97 Å². The summed E-state index contributed by atoms with van der Waals surface area (Å²) in [5, 5.41) is 8.95. The lowest BCUT2D eigenvalue weighted by atomic mass is 10.1. The van der Waals surface area contributed by atoms with Gasteiger partial charge >= 0.3 is 11.9 Å². The second-order valence-corrected chi connectivity index (χ2v) is 4.77. The minimum atomic E-state index is -0.594. The number of nitriles is 1. The van der Waals surface area contributed by atoms with Crippen molar-refractivity contribution in [3.63, 3.8) is 0 Å². The van der Waals surface area contributed by atoms with Gasteiger partial charge in [-0.05, 0) is 29.8 Å². The van der Waals surface area contributed by atoms with Crippen LogP contribution in [-0.2, 0) is 20.7 Å². The third kappa shape index (κ3) is 4.85. The molecule has 0 heterocycles. The molecule has 0 spiro atoms. The first-order valence-corrected chi connectivity index (χ1v) is 7.10. The van der Waals surface area contributed by atoms with Gasteiger partial charge in [-0.15, -0.1) is 0 Å². The lowest BCUT2D eigenvalue weighted by Crippen LogP contribution is -2.18. The Morgan fingerprint density at radius 2 is 1.75 bits per heavy atom. The molecule has 6 heteroatoms. The monoisotopic (exact) mass is 325 g/mol. The van der Waals surface area contributed by atoms with Gasteiger partial charge < -0.3 is 14.2 Å². The first-order valence-electron chi connectivity index (χ1n) is 7.10. The van der Waals surface area contributed by atoms with Crippen LogP contribution in [0.25, 0.3) is 0 Å². The Hall–Kier alpha value is -3.33. The summed E-state index contributed by atoms with van der Waals surface area (Å²) in [5.41, 5.74) is 1.10. The highest BCUT2D eigenvalue weighted by Crippen LogP contribution is 2.17. The first kappa shape index (κ1) is 17.0. The second kappa shape index (κ2) is 8.34. The molecule has 0 aliphatic heterocycles. The van der Waals surface area contributed by atoms with E-state index in [4.69, 9.17) is 14.7 Å². The maximum atomic E-state index is 11.8. The minimum absolute atomic E-state index is 0.152. The molecular formula is C18H15NO5. The minimum Gasteiger partial charge on any atom is -0.481 e. The van der Waals surface area contributed by atoms with Crippen LogP contribution in [0.2, 0.25) is 0 Å². The summed E-state index contributed by atoms with van der Waals surface area (Å²) in [6, 6.07) is 15.1.